The number of Topliss-reactive ketones (excluding diaryl/α,β-unsaturated/α-hetero) is 1. The number of carbonyl (C=O) groups is 1. The van der Waals surface area contributed by atoms with Gasteiger partial charge in [-0.1, -0.05) is 24.6 Å². The highest BCUT2D eigenvalue weighted by molar-refractivity contribution is 5.78. The van der Waals surface area contributed by atoms with Crippen molar-refractivity contribution in [2.75, 3.05) is 7.11 Å². The maximum atomic E-state index is 11.4. The molecular weight excluding hydrogens is 200 g/mol. The second kappa shape index (κ2) is 5.69. The largest absolute Gasteiger partial charge is 0.496 e. The van der Waals surface area contributed by atoms with Gasteiger partial charge in [0.15, 0.2) is 0 Å². The fourth-order valence-corrected chi connectivity index (χ4v) is 1.91. The third-order valence-electron chi connectivity index (χ3n) is 2.97. The van der Waals surface area contributed by atoms with E-state index in [9.17, 15) is 4.79 Å². The van der Waals surface area contributed by atoms with Crippen molar-refractivity contribution >= 4 is 5.78 Å². The molecule has 1 rings (SSSR count). The molecular formula is C14H20O2. The zero-order valence-corrected chi connectivity index (χ0v) is 10.5. The van der Waals surface area contributed by atoms with Crippen LogP contribution in [0.15, 0.2) is 18.2 Å². The first-order valence-corrected chi connectivity index (χ1v) is 5.72. The van der Waals surface area contributed by atoms with Crippen molar-refractivity contribution in [3.8, 4) is 5.75 Å². The van der Waals surface area contributed by atoms with E-state index in [2.05, 4.69) is 13.0 Å². The lowest BCUT2D eigenvalue weighted by molar-refractivity contribution is -0.120. The van der Waals surface area contributed by atoms with Gasteiger partial charge in [0.25, 0.3) is 0 Å². The Hall–Kier alpha value is -1.31. The fraction of sp³-hybridized carbons (Fsp3) is 0.500. The molecule has 2 nitrogen and oxygen atoms in total. The summed E-state index contributed by atoms with van der Waals surface area (Å²) in [6, 6.07) is 6.10. The van der Waals surface area contributed by atoms with Crippen LogP contribution in [-0.2, 0) is 11.2 Å². The number of carbonyl (C=O) groups excluding carboxylic acids is 1. The van der Waals surface area contributed by atoms with Gasteiger partial charge in [0.2, 0.25) is 0 Å². The van der Waals surface area contributed by atoms with Crippen molar-refractivity contribution in [2.24, 2.45) is 5.92 Å². The number of methoxy groups -OCH3 is 1. The lowest BCUT2D eigenvalue weighted by Gasteiger charge is -2.14. The summed E-state index contributed by atoms with van der Waals surface area (Å²) in [5.74, 6) is 1.24. The zero-order valence-electron chi connectivity index (χ0n) is 10.5. The van der Waals surface area contributed by atoms with Crippen molar-refractivity contribution in [1.29, 1.82) is 0 Å². The molecule has 0 bridgehead atoms. The summed E-state index contributed by atoms with van der Waals surface area (Å²) in [5.41, 5.74) is 2.33. The molecule has 0 amide bonds. The molecule has 1 atom stereocenters. The van der Waals surface area contributed by atoms with Crippen LogP contribution in [-0.4, -0.2) is 12.9 Å². The van der Waals surface area contributed by atoms with E-state index >= 15 is 0 Å². The number of benzene rings is 1. The minimum Gasteiger partial charge on any atom is -0.496 e. The Morgan fingerprint density at radius 2 is 2.12 bits per heavy atom. The molecule has 16 heavy (non-hydrogen) atoms. The molecule has 0 aliphatic carbocycles. The normalized spacial score (nSPS) is 12.2. The highest BCUT2D eigenvalue weighted by Crippen LogP contribution is 2.24. The smallest absolute Gasteiger partial charge is 0.133 e. The molecule has 0 radical (unpaired) electrons. The Morgan fingerprint density at radius 1 is 1.44 bits per heavy atom. The Labute approximate surface area is 97.6 Å². The number of rotatable bonds is 5. The summed E-state index contributed by atoms with van der Waals surface area (Å²) < 4.78 is 5.31. The highest BCUT2D eigenvalue weighted by atomic mass is 16.5. The number of ether oxygens (including phenoxy) is 1. The second-order valence-electron chi connectivity index (χ2n) is 4.24. The van der Waals surface area contributed by atoms with Gasteiger partial charge in [0.05, 0.1) is 7.11 Å². The number of aryl methyl sites for hydroxylation is 1. The lowest BCUT2D eigenvalue weighted by atomic mass is 9.92. The minimum absolute atomic E-state index is 0.107. The third-order valence-corrected chi connectivity index (χ3v) is 2.97. The van der Waals surface area contributed by atoms with Crippen molar-refractivity contribution in [1.82, 2.24) is 0 Å². The molecule has 0 saturated heterocycles. The summed E-state index contributed by atoms with van der Waals surface area (Å²) in [4.78, 5) is 11.4. The van der Waals surface area contributed by atoms with Gasteiger partial charge in [-0.2, -0.15) is 0 Å². The van der Waals surface area contributed by atoms with Crippen LogP contribution in [0, 0.1) is 12.8 Å². The molecule has 0 heterocycles. The summed E-state index contributed by atoms with van der Waals surface area (Å²) in [6.07, 6.45) is 1.66. The van der Waals surface area contributed by atoms with E-state index in [4.69, 9.17) is 4.74 Å². The van der Waals surface area contributed by atoms with Gasteiger partial charge in [-0.05, 0) is 38.3 Å². The standard InChI is InChI=1S/C14H20O2/c1-5-12(11(3)15)9-13-8-10(2)6-7-14(13)16-4/h6-8,12H,5,9H2,1-4H3. The molecule has 0 aliphatic heterocycles. The van der Waals surface area contributed by atoms with Crippen LogP contribution >= 0.6 is 0 Å². The van der Waals surface area contributed by atoms with E-state index in [1.807, 2.05) is 19.1 Å². The maximum Gasteiger partial charge on any atom is 0.133 e. The number of hydrogen-bond acceptors (Lipinski definition) is 2. The van der Waals surface area contributed by atoms with Crippen LogP contribution < -0.4 is 4.74 Å². The van der Waals surface area contributed by atoms with Gasteiger partial charge in [-0.25, -0.2) is 0 Å². The molecule has 0 saturated carbocycles. The molecule has 0 fully saturated rings. The van der Waals surface area contributed by atoms with Gasteiger partial charge in [0.1, 0.15) is 11.5 Å². The van der Waals surface area contributed by atoms with Crippen LogP contribution in [0.25, 0.3) is 0 Å². The Balaban J connectivity index is 2.93. The molecule has 1 aromatic carbocycles. The molecule has 0 aromatic heterocycles. The first-order chi connectivity index (χ1) is 7.58. The summed E-state index contributed by atoms with van der Waals surface area (Å²) in [7, 11) is 1.67. The Kier molecular flexibility index (Phi) is 4.53. The second-order valence-corrected chi connectivity index (χ2v) is 4.24. The van der Waals surface area contributed by atoms with Crippen LogP contribution in [0.4, 0.5) is 0 Å². The van der Waals surface area contributed by atoms with E-state index in [1.54, 1.807) is 14.0 Å². The predicted octanol–water partition coefficient (Wildman–Crippen LogP) is 3.16. The zero-order chi connectivity index (χ0) is 12.1. The number of hydrogen-bond donors (Lipinski definition) is 0. The van der Waals surface area contributed by atoms with Gasteiger partial charge < -0.3 is 4.74 Å². The molecule has 1 unspecified atom stereocenters. The van der Waals surface area contributed by atoms with E-state index in [1.165, 1.54) is 5.56 Å². The quantitative estimate of drug-likeness (QED) is 0.762. The monoisotopic (exact) mass is 220 g/mol. The van der Waals surface area contributed by atoms with Crippen LogP contribution in [0.2, 0.25) is 0 Å². The fourth-order valence-electron chi connectivity index (χ4n) is 1.91. The van der Waals surface area contributed by atoms with Crippen molar-refractivity contribution in [3.63, 3.8) is 0 Å². The number of ketones is 1. The first-order valence-electron chi connectivity index (χ1n) is 5.72. The molecule has 0 N–H and O–H groups in total. The first kappa shape index (κ1) is 12.8. The maximum absolute atomic E-state index is 11.4. The molecule has 88 valence electrons. The summed E-state index contributed by atoms with van der Waals surface area (Å²) >= 11 is 0. The molecule has 1 aromatic rings. The van der Waals surface area contributed by atoms with Gasteiger partial charge >= 0.3 is 0 Å². The molecule has 0 spiro atoms. The predicted molar refractivity (Wildman–Crippen MR) is 65.9 cm³/mol. The third kappa shape index (κ3) is 3.09. The summed E-state index contributed by atoms with van der Waals surface area (Å²) in [6.45, 7) is 5.77. The SMILES string of the molecule is CCC(Cc1cc(C)ccc1OC)C(C)=O. The molecule has 2 heteroatoms. The average molecular weight is 220 g/mol. The average Bonchev–Trinajstić information content (AvgIpc) is 2.25. The summed E-state index contributed by atoms with van der Waals surface area (Å²) in [5, 5.41) is 0. The Morgan fingerprint density at radius 3 is 2.62 bits per heavy atom. The van der Waals surface area contributed by atoms with Crippen LogP contribution in [0.1, 0.15) is 31.4 Å². The van der Waals surface area contributed by atoms with Gasteiger partial charge in [-0.15, -0.1) is 0 Å². The van der Waals surface area contributed by atoms with Gasteiger partial charge in [-0.3, -0.25) is 4.79 Å². The Bertz CT molecular complexity index is 369. The van der Waals surface area contributed by atoms with Gasteiger partial charge in [0, 0.05) is 5.92 Å². The van der Waals surface area contributed by atoms with Crippen molar-refractivity contribution in [2.45, 2.75) is 33.6 Å². The topological polar surface area (TPSA) is 26.3 Å². The lowest BCUT2D eigenvalue weighted by Crippen LogP contribution is -2.13. The van der Waals surface area contributed by atoms with Crippen LogP contribution in [0.5, 0.6) is 5.75 Å². The van der Waals surface area contributed by atoms with E-state index in [-0.39, 0.29) is 11.7 Å². The van der Waals surface area contributed by atoms with Crippen molar-refractivity contribution in [3.05, 3.63) is 29.3 Å². The molecule has 0 aliphatic rings. The van der Waals surface area contributed by atoms with E-state index < -0.39 is 0 Å². The minimum atomic E-state index is 0.107. The van der Waals surface area contributed by atoms with Crippen molar-refractivity contribution < 1.29 is 9.53 Å². The van der Waals surface area contributed by atoms with Crippen LogP contribution in [0.3, 0.4) is 0 Å². The van der Waals surface area contributed by atoms with E-state index in [0.29, 0.717) is 0 Å². The highest BCUT2D eigenvalue weighted by Gasteiger charge is 2.15. The van der Waals surface area contributed by atoms with E-state index in [0.717, 1.165) is 24.2 Å².